The maximum Gasteiger partial charge on any atom is 0.0209 e. The molecule has 1 heterocycles. The highest BCUT2D eigenvalue weighted by atomic mass is 15.2. The second kappa shape index (κ2) is 5.72. The average molecular weight is 198 g/mol. The molecule has 2 nitrogen and oxygen atoms in total. The standard InChI is InChI=1S/C12H26N2/c1-10(2)5-7-14-8-6-12(9-14)13-11(3)4/h10-13H,5-9H2,1-4H3/t12-/m0/s1. The molecule has 0 spiro atoms. The Morgan fingerprint density at radius 1 is 1.29 bits per heavy atom. The lowest BCUT2D eigenvalue weighted by atomic mass is 10.1. The summed E-state index contributed by atoms with van der Waals surface area (Å²) in [6.07, 6.45) is 2.67. The Labute approximate surface area is 89.1 Å². The van der Waals surface area contributed by atoms with Crippen LogP contribution < -0.4 is 5.32 Å². The van der Waals surface area contributed by atoms with E-state index in [1.165, 1.54) is 32.5 Å². The van der Waals surface area contributed by atoms with Gasteiger partial charge in [0.15, 0.2) is 0 Å². The lowest BCUT2D eigenvalue weighted by Crippen LogP contribution is -2.37. The van der Waals surface area contributed by atoms with Gasteiger partial charge in [-0.05, 0) is 31.8 Å². The Kier molecular flexibility index (Phi) is 4.90. The third-order valence-electron chi connectivity index (χ3n) is 2.86. The molecule has 0 unspecified atom stereocenters. The topological polar surface area (TPSA) is 15.3 Å². The summed E-state index contributed by atoms with van der Waals surface area (Å²) in [5.74, 6) is 0.840. The summed E-state index contributed by atoms with van der Waals surface area (Å²) in [6.45, 7) is 12.9. The van der Waals surface area contributed by atoms with E-state index < -0.39 is 0 Å². The Hall–Kier alpha value is -0.0800. The van der Waals surface area contributed by atoms with E-state index in [1.54, 1.807) is 0 Å². The molecule has 1 fully saturated rings. The predicted molar refractivity (Wildman–Crippen MR) is 62.6 cm³/mol. The third-order valence-corrected chi connectivity index (χ3v) is 2.86. The molecule has 1 aliphatic rings. The number of nitrogens with one attached hydrogen (secondary N) is 1. The summed E-state index contributed by atoms with van der Waals surface area (Å²) < 4.78 is 0. The Balaban J connectivity index is 2.14. The molecule has 0 saturated carbocycles. The number of hydrogen-bond donors (Lipinski definition) is 1. The first-order chi connectivity index (χ1) is 6.58. The molecule has 1 rings (SSSR count). The van der Waals surface area contributed by atoms with Gasteiger partial charge in [0.05, 0.1) is 0 Å². The molecule has 0 aromatic heterocycles. The number of nitrogens with zero attached hydrogens (tertiary/aromatic N) is 1. The monoisotopic (exact) mass is 198 g/mol. The number of hydrogen-bond acceptors (Lipinski definition) is 2. The molecule has 1 atom stereocenters. The molecule has 0 radical (unpaired) electrons. The van der Waals surface area contributed by atoms with Crippen LogP contribution in [0, 0.1) is 5.92 Å². The molecule has 1 saturated heterocycles. The zero-order chi connectivity index (χ0) is 10.6. The van der Waals surface area contributed by atoms with Gasteiger partial charge >= 0.3 is 0 Å². The minimum atomic E-state index is 0.630. The van der Waals surface area contributed by atoms with Gasteiger partial charge in [0, 0.05) is 18.6 Å². The summed E-state index contributed by atoms with van der Waals surface area (Å²) in [6, 6.07) is 1.37. The molecule has 0 aliphatic carbocycles. The van der Waals surface area contributed by atoms with Crippen molar-refractivity contribution in [1.29, 1.82) is 0 Å². The quantitative estimate of drug-likeness (QED) is 0.728. The van der Waals surface area contributed by atoms with E-state index in [9.17, 15) is 0 Å². The summed E-state index contributed by atoms with van der Waals surface area (Å²) in [7, 11) is 0. The second-order valence-electron chi connectivity index (χ2n) is 5.29. The molecule has 14 heavy (non-hydrogen) atoms. The predicted octanol–water partition coefficient (Wildman–Crippen LogP) is 2.10. The molecule has 2 heteroatoms. The maximum atomic E-state index is 3.62. The lowest BCUT2D eigenvalue weighted by molar-refractivity contribution is 0.302. The van der Waals surface area contributed by atoms with E-state index in [1.807, 2.05) is 0 Å². The van der Waals surface area contributed by atoms with Crippen LogP contribution in [0.25, 0.3) is 0 Å². The van der Waals surface area contributed by atoms with E-state index in [0.29, 0.717) is 6.04 Å². The highest BCUT2D eigenvalue weighted by Crippen LogP contribution is 2.11. The van der Waals surface area contributed by atoms with Crippen LogP contribution >= 0.6 is 0 Å². The Morgan fingerprint density at radius 3 is 2.57 bits per heavy atom. The summed E-state index contributed by atoms with van der Waals surface area (Å²) in [5.41, 5.74) is 0. The maximum absolute atomic E-state index is 3.62. The summed E-state index contributed by atoms with van der Waals surface area (Å²) in [4.78, 5) is 2.60. The number of likely N-dealkylation sites (tertiary alicyclic amines) is 1. The van der Waals surface area contributed by atoms with Gasteiger partial charge < -0.3 is 10.2 Å². The van der Waals surface area contributed by atoms with Crippen molar-refractivity contribution < 1.29 is 0 Å². The first-order valence-corrected chi connectivity index (χ1v) is 6.06. The van der Waals surface area contributed by atoms with E-state index in [4.69, 9.17) is 0 Å². The molecule has 1 aliphatic heterocycles. The normalized spacial score (nSPS) is 24.0. The second-order valence-corrected chi connectivity index (χ2v) is 5.29. The van der Waals surface area contributed by atoms with Crippen molar-refractivity contribution in [2.45, 2.75) is 52.6 Å². The van der Waals surface area contributed by atoms with Crippen molar-refractivity contribution in [3.8, 4) is 0 Å². The molecular formula is C12H26N2. The third kappa shape index (κ3) is 4.43. The van der Waals surface area contributed by atoms with Crippen LogP contribution in [0.15, 0.2) is 0 Å². The van der Waals surface area contributed by atoms with Crippen molar-refractivity contribution >= 4 is 0 Å². The van der Waals surface area contributed by atoms with E-state index in [0.717, 1.165) is 12.0 Å². The summed E-state index contributed by atoms with van der Waals surface area (Å²) >= 11 is 0. The van der Waals surface area contributed by atoms with Crippen LogP contribution in [0.1, 0.15) is 40.5 Å². The Morgan fingerprint density at radius 2 is 2.00 bits per heavy atom. The molecule has 1 N–H and O–H groups in total. The van der Waals surface area contributed by atoms with Gasteiger partial charge in [-0.15, -0.1) is 0 Å². The van der Waals surface area contributed by atoms with Crippen LogP contribution in [0.4, 0.5) is 0 Å². The zero-order valence-corrected chi connectivity index (χ0v) is 10.2. The lowest BCUT2D eigenvalue weighted by Gasteiger charge is -2.18. The molecule has 0 aromatic carbocycles. The zero-order valence-electron chi connectivity index (χ0n) is 10.2. The van der Waals surface area contributed by atoms with E-state index in [-0.39, 0.29) is 0 Å². The average Bonchev–Trinajstić information content (AvgIpc) is 2.47. The van der Waals surface area contributed by atoms with Crippen molar-refractivity contribution in [3.63, 3.8) is 0 Å². The SMILES string of the molecule is CC(C)CCN1CC[C@H](NC(C)C)C1. The highest BCUT2D eigenvalue weighted by Gasteiger charge is 2.21. The largest absolute Gasteiger partial charge is 0.310 e. The number of rotatable bonds is 5. The van der Waals surface area contributed by atoms with Crippen LogP contribution in [0.3, 0.4) is 0 Å². The minimum absolute atomic E-state index is 0.630. The van der Waals surface area contributed by atoms with Crippen molar-refractivity contribution in [3.05, 3.63) is 0 Å². The van der Waals surface area contributed by atoms with Gasteiger partial charge in [-0.2, -0.15) is 0 Å². The first kappa shape index (κ1) is 12.0. The molecule has 0 amide bonds. The van der Waals surface area contributed by atoms with Gasteiger partial charge in [0.1, 0.15) is 0 Å². The first-order valence-electron chi connectivity index (χ1n) is 6.06. The van der Waals surface area contributed by atoms with Crippen molar-refractivity contribution in [1.82, 2.24) is 10.2 Å². The van der Waals surface area contributed by atoms with E-state index in [2.05, 4.69) is 37.9 Å². The van der Waals surface area contributed by atoms with Gasteiger partial charge in [0.2, 0.25) is 0 Å². The fourth-order valence-electron chi connectivity index (χ4n) is 2.08. The molecule has 0 bridgehead atoms. The van der Waals surface area contributed by atoms with Crippen LogP contribution in [0.5, 0.6) is 0 Å². The van der Waals surface area contributed by atoms with Gasteiger partial charge in [-0.3, -0.25) is 0 Å². The molecular weight excluding hydrogens is 172 g/mol. The van der Waals surface area contributed by atoms with E-state index >= 15 is 0 Å². The highest BCUT2D eigenvalue weighted by molar-refractivity contribution is 4.81. The van der Waals surface area contributed by atoms with Crippen molar-refractivity contribution in [2.75, 3.05) is 19.6 Å². The van der Waals surface area contributed by atoms with Gasteiger partial charge in [-0.25, -0.2) is 0 Å². The minimum Gasteiger partial charge on any atom is -0.310 e. The Bertz CT molecular complexity index is 154. The van der Waals surface area contributed by atoms with Gasteiger partial charge in [0.25, 0.3) is 0 Å². The van der Waals surface area contributed by atoms with Crippen LogP contribution in [-0.4, -0.2) is 36.6 Å². The molecule has 84 valence electrons. The smallest absolute Gasteiger partial charge is 0.0209 e. The van der Waals surface area contributed by atoms with Gasteiger partial charge in [-0.1, -0.05) is 27.7 Å². The summed E-state index contributed by atoms with van der Waals surface area (Å²) in [5, 5.41) is 3.62. The fraction of sp³-hybridized carbons (Fsp3) is 1.00. The van der Waals surface area contributed by atoms with Crippen molar-refractivity contribution in [2.24, 2.45) is 5.92 Å². The van der Waals surface area contributed by atoms with Crippen LogP contribution in [0.2, 0.25) is 0 Å². The van der Waals surface area contributed by atoms with Crippen LogP contribution in [-0.2, 0) is 0 Å². The molecule has 0 aromatic rings. The fourth-order valence-corrected chi connectivity index (χ4v) is 2.08.